The predicted molar refractivity (Wildman–Crippen MR) is 155 cm³/mol. The van der Waals surface area contributed by atoms with Gasteiger partial charge in [0.05, 0.1) is 16.6 Å². The molecule has 0 aliphatic carbocycles. The number of aryl methyl sites for hydroxylation is 1. The van der Waals surface area contributed by atoms with Gasteiger partial charge >= 0.3 is 5.97 Å². The van der Waals surface area contributed by atoms with Crippen molar-refractivity contribution in [3.63, 3.8) is 0 Å². The Morgan fingerprint density at radius 1 is 1.18 bits per heavy atom. The molecule has 1 aromatic carbocycles. The third-order valence-electron chi connectivity index (χ3n) is 8.00. The number of benzene rings is 1. The van der Waals surface area contributed by atoms with Crippen LogP contribution in [0.5, 0.6) is 0 Å². The molecule has 1 aliphatic heterocycles. The standard InChI is InChI=1S/C29H30FN7O3/c1-14-11-37(13-23(14)35(3)4)28-17(9-19-18-7-16(30)8-22(31-2)24(18)33-26(19)34-28)15-6-20-25(38)21(29(39)40)12-36(5)27(20)32-10-15/h6-10,12,14,23,31H,11,13H2,1-5H3,(H,33,34)(H,39,40). The second kappa shape index (κ2) is 9.30. The Morgan fingerprint density at radius 3 is 2.62 bits per heavy atom. The second-order valence-electron chi connectivity index (χ2n) is 10.8. The highest BCUT2D eigenvalue weighted by Crippen LogP contribution is 2.39. The maximum absolute atomic E-state index is 14.6. The van der Waals surface area contributed by atoms with E-state index in [0.29, 0.717) is 45.7 Å². The van der Waals surface area contributed by atoms with Crippen LogP contribution < -0.4 is 15.6 Å². The molecular formula is C29H30FN7O3. The molecule has 0 saturated carbocycles. The molecule has 0 spiro atoms. The minimum absolute atomic E-state index is 0.203. The van der Waals surface area contributed by atoms with Crippen LogP contribution in [0.4, 0.5) is 15.9 Å². The first-order valence-corrected chi connectivity index (χ1v) is 13.1. The lowest BCUT2D eigenvalue weighted by atomic mass is 10.0. The van der Waals surface area contributed by atoms with Crippen molar-refractivity contribution in [3.05, 3.63) is 58.3 Å². The van der Waals surface area contributed by atoms with E-state index in [1.165, 1.54) is 22.9 Å². The third-order valence-corrected chi connectivity index (χ3v) is 8.00. The van der Waals surface area contributed by atoms with Gasteiger partial charge in [-0.05, 0) is 44.3 Å². The summed E-state index contributed by atoms with van der Waals surface area (Å²) in [5, 5.41) is 14.2. The summed E-state index contributed by atoms with van der Waals surface area (Å²) in [5.41, 5.74) is 2.80. The molecule has 0 bridgehead atoms. The Morgan fingerprint density at radius 2 is 1.95 bits per heavy atom. The van der Waals surface area contributed by atoms with Gasteiger partial charge in [-0.2, -0.15) is 0 Å². The fourth-order valence-corrected chi connectivity index (χ4v) is 5.99. The van der Waals surface area contributed by atoms with Crippen molar-refractivity contribution < 1.29 is 14.3 Å². The molecule has 1 aliphatic rings. The Hall–Kier alpha value is -4.51. The van der Waals surface area contributed by atoms with E-state index in [2.05, 4.69) is 46.1 Å². The van der Waals surface area contributed by atoms with Crippen molar-refractivity contribution in [1.82, 2.24) is 24.4 Å². The molecule has 11 heteroatoms. The van der Waals surface area contributed by atoms with Crippen LogP contribution in [-0.4, -0.2) is 75.8 Å². The van der Waals surface area contributed by atoms with Crippen molar-refractivity contribution in [2.75, 3.05) is 44.4 Å². The molecule has 0 radical (unpaired) electrons. The topological polar surface area (TPSA) is 119 Å². The monoisotopic (exact) mass is 543 g/mol. The van der Waals surface area contributed by atoms with E-state index < -0.39 is 11.4 Å². The Labute approximate surface area is 229 Å². The van der Waals surface area contributed by atoms with Crippen LogP contribution in [0.15, 0.2) is 41.5 Å². The maximum Gasteiger partial charge on any atom is 0.341 e. The molecule has 5 heterocycles. The normalized spacial score (nSPS) is 17.5. The average Bonchev–Trinajstić information content (AvgIpc) is 3.49. The average molecular weight is 544 g/mol. The van der Waals surface area contributed by atoms with Crippen molar-refractivity contribution in [2.24, 2.45) is 13.0 Å². The first kappa shape index (κ1) is 25.8. The Kier molecular flexibility index (Phi) is 5.99. The first-order chi connectivity index (χ1) is 19.1. The van der Waals surface area contributed by atoms with Gasteiger partial charge in [0.15, 0.2) is 0 Å². The van der Waals surface area contributed by atoms with Gasteiger partial charge in [-0.1, -0.05) is 6.92 Å². The van der Waals surface area contributed by atoms with Gasteiger partial charge in [0.1, 0.15) is 28.5 Å². The number of carboxylic acid groups (broad SMARTS) is 1. The number of hydrogen-bond acceptors (Lipinski definition) is 7. The van der Waals surface area contributed by atoms with E-state index in [4.69, 9.17) is 4.98 Å². The van der Waals surface area contributed by atoms with E-state index >= 15 is 0 Å². The number of H-pyrrole nitrogens is 1. The number of likely N-dealkylation sites (N-methyl/N-ethyl adjacent to an activating group) is 1. The van der Waals surface area contributed by atoms with Crippen molar-refractivity contribution in [3.8, 4) is 11.1 Å². The maximum atomic E-state index is 14.6. The number of aromatic nitrogens is 4. The van der Waals surface area contributed by atoms with Gasteiger partial charge in [-0.15, -0.1) is 0 Å². The van der Waals surface area contributed by atoms with Crippen molar-refractivity contribution in [2.45, 2.75) is 13.0 Å². The van der Waals surface area contributed by atoms with Crippen LogP contribution >= 0.6 is 0 Å². The molecule has 1 saturated heterocycles. The highest BCUT2D eigenvalue weighted by atomic mass is 19.1. The Bertz CT molecular complexity index is 1890. The number of rotatable bonds is 5. The molecule has 40 heavy (non-hydrogen) atoms. The largest absolute Gasteiger partial charge is 0.477 e. The summed E-state index contributed by atoms with van der Waals surface area (Å²) in [4.78, 5) is 42.3. The van der Waals surface area contributed by atoms with E-state index in [-0.39, 0.29) is 16.8 Å². The summed E-state index contributed by atoms with van der Waals surface area (Å²) in [7, 11) is 7.53. The SMILES string of the molecule is CNc1cc(F)cc2c1[nH]c1nc(N3CC(C)C(N(C)C)C3)c(-c3cnc4c(c3)c(=O)c(C(=O)O)cn4C)cc12. The number of carboxylic acids is 1. The number of halogens is 1. The summed E-state index contributed by atoms with van der Waals surface area (Å²) in [6.45, 7) is 3.74. The number of aromatic carboxylic acids is 1. The number of fused-ring (bicyclic) bond motifs is 4. The van der Waals surface area contributed by atoms with Gasteiger partial charge in [0.25, 0.3) is 0 Å². The number of pyridine rings is 3. The minimum Gasteiger partial charge on any atom is -0.477 e. The highest BCUT2D eigenvalue weighted by Gasteiger charge is 2.33. The first-order valence-electron chi connectivity index (χ1n) is 13.1. The smallest absolute Gasteiger partial charge is 0.341 e. The molecule has 10 nitrogen and oxygen atoms in total. The summed E-state index contributed by atoms with van der Waals surface area (Å²) in [6.07, 6.45) is 2.96. The summed E-state index contributed by atoms with van der Waals surface area (Å²) in [5.74, 6) is -0.566. The van der Waals surface area contributed by atoms with Gasteiger partial charge in [0, 0.05) is 67.5 Å². The number of aromatic amines is 1. The van der Waals surface area contributed by atoms with Crippen LogP contribution in [-0.2, 0) is 7.05 Å². The van der Waals surface area contributed by atoms with E-state index in [1.54, 1.807) is 26.4 Å². The number of carbonyl (C=O) groups is 1. The van der Waals surface area contributed by atoms with Crippen LogP contribution in [0.1, 0.15) is 17.3 Å². The predicted octanol–water partition coefficient (Wildman–Crippen LogP) is 3.90. The molecule has 6 rings (SSSR count). The lowest BCUT2D eigenvalue weighted by Crippen LogP contribution is -2.34. The molecule has 2 unspecified atom stereocenters. The zero-order valence-electron chi connectivity index (χ0n) is 22.9. The summed E-state index contributed by atoms with van der Waals surface area (Å²) < 4.78 is 16.1. The van der Waals surface area contributed by atoms with Gasteiger partial charge in [-0.3, -0.25) is 4.79 Å². The fraction of sp³-hybridized carbons (Fsp3) is 0.310. The van der Waals surface area contributed by atoms with Crippen LogP contribution in [0.25, 0.3) is 44.1 Å². The number of nitrogens with zero attached hydrogens (tertiary/aromatic N) is 5. The second-order valence-corrected chi connectivity index (χ2v) is 10.8. The summed E-state index contributed by atoms with van der Waals surface area (Å²) in [6, 6.07) is 6.87. The summed E-state index contributed by atoms with van der Waals surface area (Å²) >= 11 is 0. The van der Waals surface area contributed by atoms with Crippen LogP contribution in [0.3, 0.4) is 0 Å². The lowest BCUT2D eigenvalue weighted by molar-refractivity contribution is 0.0695. The Balaban J connectivity index is 1.64. The van der Waals surface area contributed by atoms with Gasteiger partial charge < -0.3 is 29.8 Å². The molecule has 0 amide bonds. The van der Waals surface area contributed by atoms with E-state index in [0.717, 1.165) is 29.6 Å². The zero-order valence-corrected chi connectivity index (χ0v) is 22.9. The number of hydrogen-bond donors (Lipinski definition) is 3. The molecule has 3 N–H and O–H groups in total. The number of anilines is 2. The third kappa shape index (κ3) is 3.96. The number of nitrogens with one attached hydrogen (secondary N) is 2. The molecule has 4 aromatic heterocycles. The van der Waals surface area contributed by atoms with E-state index in [1.807, 2.05) is 6.07 Å². The fourth-order valence-electron chi connectivity index (χ4n) is 5.99. The quantitative estimate of drug-likeness (QED) is 0.306. The highest BCUT2D eigenvalue weighted by molar-refractivity contribution is 6.12. The lowest BCUT2D eigenvalue weighted by Gasteiger charge is -2.24. The zero-order chi connectivity index (χ0) is 28.5. The van der Waals surface area contributed by atoms with Gasteiger partial charge in [-0.25, -0.2) is 19.2 Å². The molecule has 1 fully saturated rings. The molecule has 206 valence electrons. The molecular weight excluding hydrogens is 513 g/mol. The van der Waals surface area contributed by atoms with Crippen LogP contribution in [0.2, 0.25) is 0 Å². The molecule has 2 atom stereocenters. The van der Waals surface area contributed by atoms with Crippen molar-refractivity contribution >= 4 is 50.4 Å². The minimum atomic E-state index is -1.29. The van der Waals surface area contributed by atoms with Crippen molar-refractivity contribution in [1.29, 1.82) is 0 Å². The van der Waals surface area contributed by atoms with E-state index in [9.17, 15) is 19.1 Å². The van der Waals surface area contributed by atoms with Gasteiger partial charge in [0.2, 0.25) is 5.43 Å². The van der Waals surface area contributed by atoms with Crippen LogP contribution in [0, 0.1) is 11.7 Å². The molecule has 5 aromatic rings.